The van der Waals surface area contributed by atoms with Gasteiger partial charge in [0.25, 0.3) is 0 Å². The van der Waals surface area contributed by atoms with Gasteiger partial charge in [-0.25, -0.2) is 4.39 Å². The van der Waals surface area contributed by atoms with E-state index in [1.54, 1.807) is 6.07 Å². The van der Waals surface area contributed by atoms with Crippen LogP contribution >= 0.6 is 0 Å². The maximum absolute atomic E-state index is 13.3. The van der Waals surface area contributed by atoms with Gasteiger partial charge in [-0.05, 0) is 24.5 Å². The summed E-state index contributed by atoms with van der Waals surface area (Å²) in [5.74, 6) is 0.118. The molecule has 0 bridgehead atoms. The summed E-state index contributed by atoms with van der Waals surface area (Å²) in [5, 5.41) is 0. The minimum absolute atomic E-state index is 0.117. The van der Waals surface area contributed by atoms with Gasteiger partial charge in [-0.1, -0.05) is 25.1 Å². The van der Waals surface area contributed by atoms with Gasteiger partial charge in [0.1, 0.15) is 5.82 Å². The molecule has 2 atom stereocenters. The molecule has 0 spiro atoms. The van der Waals surface area contributed by atoms with Crippen molar-refractivity contribution in [3.8, 4) is 0 Å². The van der Waals surface area contributed by atoms with Crippen LogP contribution in [-0.2, 0) is 0 Å². The maximum atomic E-state index is 13.3. The van der Waals surface area contributed by atoms with Gasteiger partial charge in [-0.15, -0.1) is 0 Å². The molecule has 1 aliphatic carbocycles. The molecule has 2 N–H and O–H groups in total. The highest BCUT2D eigenvalue weighted by atomic mass is 19.1. The van der Waals surface area contributed by atoms with Crippen LogP contribution in [0.2, 0.25) is 0 Å². The van der Waals surface area contributed by atoms with Gasteiger partial charge in [0.05, 0.1) is 0 Å². The van der Waals surface area contributed by atoms with Crippen molar-refractivity contribution in [3.63, 3.8) is 0 Å². The summed E-state index contributed by atoms with van der Waals surface area (Å²) in [6.07, 6.45) is 1.84. The summed E-state index contributed by atoms with van der Waals surface area (Å²) in [4.78, 5) is 0. The first-order chi connectivity index (χ1) is 6.17. The van der Waals surface area contributed by atoms with Crippen LogP contribution in [0, 0.1) is 5.82 Å². The fourth-order valence-corrected chi connectivity index (χ4v) is 1.89. The fraction of sp³-hybridized carbons (Fsp3) is 0.455. The minimum Gasteiger partial charge on any atom is -0.325 e. The minimum atomic E-state index is -0.137. The highest BCUT2D eigenvalue weighted by Crippen LogP contribution is 2.51. The maximum Gasteiger partial charge on any atom is 0.126 e. The van der Waals surface area contributed by atoms with E-state index in [0.29, 0.717) is 0 Å². The second-order valence-corrected chi connectivity index (χ2v) is 3.86. The number of rotatable bonds is 2. The van der Waals surface area contributed by atoms with Crippen LogP contribution in [0.15, 0.2) is 24.3 Å². The van der Waals surface area contributed by atoms with E-state index in [4.69, 9.17) is 5.73 Å². The molecule has 0 saturated heterocycles. The molecule has 2 rings (SSSR count). The van der Waals surface area contributed by atoms with Gasteiger partial charge >= 0.3 is 0 Å². The third-order valence-corrected chi connectivity index (χ3v) is 3.06. The molecule has 1 aliphatic rings. The Bertz CT molecular complexity index is 324. The average Bonchev–Trinajstić information content (AvgIpc) is 2.80. The Hall–Kier alpha value is -0.890. The fourth-order valence-electron chi connectivity index (χ4n) is 1.89. The Morgan fingerprint density at radius 3 is 2.77 bits per heavy atom. The Morgan fingerprint density at radius 1 is 1.54 bits per heavy atom. The number of hydrogen-bond donors (Lipinski definition) is 1. The molecule has 0 aliphatic heterocycles. The number of halogens is 1. The summed E-state index contributed by atoms with van der Waals surface area (Å²) in [6, 6.07) is 6.92. The van der Waals surface area contributed by atoms with Crippen LogP contribution in [0.25, 0.3) is 0 Å². The summed E-state index contributed by atoms with van der Waals surface area (Å²) in [6.45, 7) is 2.06. The third kappa shape index (κ3) is 1.35. The van der Waals surface area contributed by atoms with E-state index >= 15 is 0 Å². The first-order valence-electron chi connectivity index (χ1n) is 4.70. The van der Waals surface area contributed by atoms with Crippen LogP contribution in [0.3, 0.4) is 0 Å². The Balaban J connectivity index is 2.25. The van der Waals surface area contributed by atoms with E-state index in [0.717, 1.165) is 18.4 Å². The Labute approximate surface area is 77.8 Å². The topological polar surface area (TPSA) is 26.0 Å². The second kappa shape index (κ2) is 2.81. The zero-order valence-electron chi connectivity index (χ0n) is 7.76. The summed E-state index contributed by atoms with van der Waals surface area (Å²) < 4.78 is 13.3. The number of nitrogens with two attached hydrogens (primary N) is 1. The van der Waals surface area contributed by atoms with Crippen molar-refractivity contribution in [1.29, 1.82) is 0 Å². The Kier molecular flexibility index (Phi) is 1.88. The predicted molar refractivity (Wildman–Crippen MR) is 51.0 cm³/mol. The lowest BCUT2D eigenvalue weighted by Gasteiger charge is -2.08. The van der Waals surface area contributed by atoms with E-state index in [1.807, 2.05) is 12.1 Å². The lowest BCUT2D eigenvalue weighted by molar-refractivity contribution is 0.583. The molecule has 0 radical (unpaired) electrons. The summed E-state index contributed by atoms with van der Waals surface area (Å²) >= 11 is 0. The van der Waals surface area contributed by atoms with Crippen molar-refractivity contribution >= 4 is 0 Å². The summed E-state index contributed by atoms with van der Waals surface area (Å²) in [7, 11) is 0. The second-order valence-electron chi connectivity index (χ2n) is 3.86. The highest BCUT2D eigenvalue weighted by Gasteiger charge is 2.50. The van der Waals surface area contributed by atoms with Crippen LogP contribution in [0.1, 0.15) is 31.2 Å². The molecular weight excluding hydrogens is 165 g/mol. The predicted octanol–water partition coefficient (Wildman–Crippen LogP) is 2.42. The largest absolute Gasteiger partial charge is 0.325 e. The van der Waals surface area contributed by atoms with Crippen molar-refractivity contribution < 1.29 is 4.39 Å². The molecule has 1 fully saturated rings. The Morgan fingerprint density at radius 2 is 2.23 bits per heavy atom. The zero-order valence-corrected chi connectivity index (χ0v) is 7.76. The van der Waals surface area contributed by atoms with Crippen molar-refractivity contribution in [2.75, 3.05) is 0 Å². The van der Waals surface area contributed by atoms with Crippen LogP contribution in [0.4, 0.5) is 4.39 Å². The lowest BCUT2D eigenvalue weighted by Crippen LogP contribution is -2.23. The monoisotopic (exact) mass is 179 g/mol. The molecule has 0 unspecified atom stereocenters. The molecule has 1 aromatic rings. The van der Waals surface area contributed by atoms with E-state index in [2.05, 4.69) is 6.92 Å². The van der Waals surface area contributed by atoms with Gasteiger partial charge in [-0.3, -0.25) is 0 Å². The van der Waals surface area contributed by atoms with Crippen molar-refractivity contribution in [2.45, 2.75) is 31.2 Å². The highest BCUT2D eigenvalue weighted by molar-refractivity contribution is 5.33. The average molecular weight is 179 g/mol. The van der Waals surface area contributed by atoms with Gasteiger partial charge in [0.2, 0.25) is 0 Å². The molecular formula is C11H14FN. The van der Waals surface area contributed by atoms with Crippen LogP contribution in [0.5, 0.6) is 0 Å². The quantitative estimate of drug-likeness (QED) is 0.741. The van der Waals surface area contributed by atoms with Crippen molar-refractivity contribution in [1.82, 2.24) is 0 Å². The lowest BCUT2D eigenvalue weighted by atomic mass is 10.0. The third-order valence-electron chi connectivity index (χ3n) is 3.06. The van der Waals surface area contributed by atoms with E-state index in [9.17, 15) is 4.39 Å². The van der Waals surface area contributed by atoms with Gasteiger partial charge in [0, 0.05) is 11.5 Å². The summed E-state index contributed by atoms with van der Waals surface area (Å²) in [5.41, 5.74) is 6.67. The molecule has 0 amide bonds. The van der Waals surface area contributed by atoms with Crippen molar-refractivity contribution in [2.24, 2.45) is 5.73 Å². The number of benzene rings is 1. The molecule has 0 heterocycles. The first kappa shape index (κ1) is 8.70. The molecule has 70 valence electrons. The SMILES string of the molecule is CC[C@]1(N)C[C@@H]1c1ccccc1F. The standard InChI is InChI=1S/C11H14FN/c1-2-11(13)7-9(11)8-5-3-4-6-10(8)12/h3-6,9H,2,7,13H2,1H3/t9-,11+/m1/s1. The normalized spacial score (nSPS) is 31.8. The molecule has 13 heavy (non-hydrogen) atoms. The van der Waals surface area contributed by atoms with Crippen LogP contribution in [-0.4, -0.2) is 5.54 Å². The van der Waals surface area contributed by atoms with E-state index in [1.165, 1.54) is 6.07 Å². The zero-order chi connectivity index (χ0) is 9.47. The van der Waals surface area contributed by atoms with Gasteiger partial charge in [-0.2, -0.15) is 0 Å². The molecule has 1 nitrogen and oxygen atoms in total. The molecule has 0 aromatic heterocycles. The van der Waals surface area contributed by atoms with Gasteiger partial charge in [0.15, 0.2) is 0 Å². The van der Waals surface area contributed by atoms with Crippen molar-refractivity contribution in [3.05, 3.63) is 35.6 Å². The van der Waals surface area contributed by atoms with E-state index in [-0.39, 0.29) is 17.3 Å². The number of hydrogen-bond acceptors (Lipinski definition) is 1. The first-order valence-corrected chi connectivity index (χ1v) is 4.70. The molecule has 1 aromatic carbocycles. The molecule has 2 heteroatoms. The van der Waals surface area contributed by atoms with E-state index < -0.39 is 0 Å². The van der Waals surface area contributed by atoms with Gasteiger partial charge < -0.3 is 5.73 Å². The smallest absolute Gasteiger partial charge is 0.126 e. The molecule has 1 saturated carbocycles. The van der Waals surface area contributed by atoms with Crippen LogP contribution < -0.4 is 5.73 Å².